The van der Waals surface area contributed by atoms with Crippen LogP contribution in [0.25, 0.3) is 0 Å². The third-order valence-corrected chi connectivity index (χ3v) is 12.5. The molecule has 0 radical (unpaired) electrons. The Hall–Kier alpha value is -1.66. The fourth-order valence-corrected chi connectivity index (χ4v) is 8.32. The van der Waals surface area contributed by atoms with Crippen LogP contribution < -0.4 is 5.32 Å². The monoisotopic (exact) mass is 860 g/mol. The highest BCUT2D eigenvalue weighted by molar-refractivity contribution is 5.76. The van der Waals surface area contributed by atoms with Gasteiger partial charge in [-0.15, -0.1) is 0 Å². The molecule has 1 amide bonds. The minimum atomic E-state index is -0.664. The lowest BCUT2D eigenvalue weighted by atomic mass is 10.0. The number of carbonyl (C=O) groups is 2. The molecule has 0 aliphatic carbocycles. The predicted molar refractivity (Wildman–Crippen MR) is 264 cm³/mol. The second-order valence-corrected chi connectivity index (χ2v) is 18.6. The predicted octanol–water partition coefficient (Wildman–Crippen LogP) is 16.3. The average molecular weight is 860 g/mol. The van der Waals surface area contributed by atoms with E-state index in [1.807, 2.05) is 0 Å². The third kappa shape index (κ3) is 47.7. The van der Waals surface area contributed by atoms with Crippen molar-refractivity contribution in [2.75, 3.05) is 13.2 Å². The van der Waals surface area contributed by atoms with Crippen LogP contribution >= 0.6 is 0 Å². The number of nitrogens with one attached hydrogen (secondary N) is 1. The lowest BCUT2D eigenvalue weighted by molar-refractivity contribution is -0.143. The summed E-state index contributed by atoms with van der Waals surface area (Å²) in [4.78, 5) is 24.4. The van der Waals surface area contributed by atoms with Gasteiger partial charge in [0.15, 0.2) is 0 Å². The summed E-state index contributed by atoms with van der Waals surface area (Å²) >= 11 is 0. The maximum absolute atomic E-state index is 12.4. The molecule has 0 aromatic heterocycles. The largest absolute Gasteiger partial charge is 0.466 e. The summed E-state index contributed by atoms with van der Waals surface area (Å²) in [6.45, 7) is 4.90. The smallest absolute Gasteiger partial charge is 0.305 e. The molecule has 0 aromatic carbocycles. The van der Waals surface area contributed by atoms with Gasteiger partial charge in [0.2, 0.25) is 5.91 Å². The van der Waals surface area contributed by atoms with Gasteiger partial charge in [0.25, 0.3) is 0 Å². The van der Waals surface area contributed by atoms with Gasteiger partial charge in [0.05, 0.1) is 25.4 Å². The van der Waals surface area contributed by atoms with E-state index in [1.54, 1.807) is 0 Å². The lowest BCUT2D eigenvalue weighted by Gasteiger charge is -2.22. The second kappa shape index (κ2) is 51.0. The highest BCUT2D eigenvalue weighted by Gasteiger charge is 2.20. The Labute approximate surface area is 380 Å². The maximum Gasteiger partial charge on any atom is 0.305 e. The number of unbranched alkanes of at least 4 members (excludes halogenated alkanes) is 35. The van der Waals surface area contributed by atoms with Crippen molar-refractivity contribution in [2.45, 2.75) is 302 Å². The normalized spacial score (nSPS) is 12.8. The molecule has 0 heterocycles. The van der Waals surface area contributed by atoms with Gasteiger partial charge in [0.1, 0.15) is 0 Å². The molecule has 0 spiro atoms. The van der Waals surface area contributed by atoms with Crippen molar-refractivity contribution in [3.63, 3.8) is 0 Å². The van der Waals surface area contributed by atoms with Crippen LogP contribution in [0, 0.1) is 0 Å². The van der Waals surface area contributed by atoms with Crippen molar-refractivity contribution in [2.24, 2.45) is 0 Å². The molecule has 3 N–H and O–H groups in total. The molecule has 0 saturated heterocycles. The number of aliphatic hydroxyl groups excluding tert-OH is 2. The number of carbonyl (C=O) groups excluding carboxylic acids is 2. The zero-order valence-corrected chi connectivity index (χ0v) is 40.9. The molecule has 0 aliphatic heterocycles. The highest BCUT2D eigenvalue weighted by Crippen LogP contribution is 2.17. The van der Waals surface area contributed by atoms with Crippen LogP contribution in [0.3, 0.4) is 0 Å². The van der Waals surface area contributed by atoms with Gasteiger partial charge in [-0.25, -0.2) is 0 Å². The summed E-state index contributed by atoms with van der Waals surface area (Å²) in [5.41, 5.74) is 0. The van der Waals surface area contributed by atoms with E-state index >= 15 is 0 Å². The van der Waals surface area contributed by atoms with Gasteiger partial charge in [-0.05, 0) is 57.8 Å². The summed E-state index contributed by atoms with van der Waals surface area (Å²) in [6.07, 6.45) is 60.2. The molecule has 2 atom stereocenters. The number of amides is 1. The molecule has 6 heteroatoms. The Balaban J connectivity index is 3.37. The Morgan fingerprint density at radius 2 is 0.820 bits per heavy atom. The van der Waals surface area contributed by atoms with E-state index in [9.17, 15) is 19.8 Å². The van der Waals surface area contributed by atoms with Gasteiger partial charge < -0.3 is 20.3 Å². The molecule has 0 bridgehead atoms. The number of aliphatic hydroxyl groups is 2. The molecular weight excluding hydrogens is 755 g/mol. The van der Waals surface area contributed by atoms with Crippen LogP contribution in [0.5, 0.6) is 0 Å². The maximum atomic E-state index is 12.4. The Kier molecular flexibility index (Phi) is 49.6. The van der Waals surface area contributed by atoms with Crippen LogP contribution in [0.4, 0.5) is 0 Å². The van der Waals surface area contributed by atoms with Crippen molar-refractivity contribution in [1.82, 2.24) is 5.32 Å². The van der Waals surface area contributed by atoms with Gasteiger partial charge >= 0.3 is 5.97 Å². The number of hydrogen-bond donors (Lipinski definition) is 3. The summed E-state index contributed by atoms with van der Waals surface area (Å²) in [5, 5.41) is 23.1. The number of allylic oxidation sites excluding steroid dienone is 4. The molecule has 0 fully saturated rings. The number of hydrogen-bond acceptors (Lipinski definition) is 5. The van der Waals surface area contributed by atoms with Crippen molar-refractivity contribution in [3.05, 3.63) is 24.3 Å². The quantitative estimate of drug-likeness (QED) is 0.0322. The van der Waals surface area contributed by atoms with Crippen LogP contribution in [0.15, 0.2) is 24.3 Å². The molecule has 0 aliphatic rings. The molecule has 0 rings (SSSR count). The minimum Gasteiger partial charge on any atom is -0.466 e. The van der Waals surface area contributed by atoms with Gasteiger partial charge in [0, 0.05) is 12.8 Å². The SMILES string of the molecule is CCCCC/C=C\C/C=C\CCCCCCCCCC(=O)OCCCCCCCCCCCCCCCCCCCCC(=O)NC(CO)C(O)CCCCCCCCCCC. The Bertz CT molecular complexity index is 951. The second-order valence-electron chi connectivity index (χ2n) is 18.6. The molecule has 61 heavy (non-hydrogen) atoms. The van der Waals surface area contributed by atoms with Crippen LogP contribution in [-0.2, 0) is 14.3 Å². The zero-order valence-electron chi connectivity index (χ0n) is 40.9. The molecule has 360 valence electrons. The third-order valence-electron chi connectivity index (χ3n) is 12.5. The van der Waals surface area contributed by atoms with Crippen molar-refractivity contribution >= 4 is 11.9 Å². The molecule has 0 saturated carbocycles. The minimum absolute atomic E-state index is 0.000693. The Morgan fingerprint density at radius 1 is 0.459 bits per heavy atom. The highest BCUT2D eigenvalue weighted by atomic mass is 16.5. The van der Waals surface area contributed by atoms with E-state index in [4.69, 9.17) is 4.74 Å². The molecule has 2 unspecified atom stereocenters. The van der Waals surface area contributed by atoms with E-state index in [2.05, 4.69) is 43.5 Å². The van der Waals surface area contributed by atoms with Crippen LogP contribution in [-0.4, -0.2) is 47.4 Å². The number of ether oxygens (including phenoxy) is 1. The average Bonchev–Trinajstić information content (AvgIpc) is 3.26. The summed E-state index contributed by atoms with van der Waals surface area (Å²) in [7, 11) is 0. The standard InChI is InChI=1S/C55H105NO5/c1-3-5-7-9-11-13-14-15-16-19-23-26-29-33-37-41-45-49-55(60)61-50-46-42-38-34-30-27-24-21-18-17-20-22-25-28-32-36-40-44-48-54(59)56-52(51-57)53(58)47-43-39-35-31-12-10-8-6-4-2/h11,13,15-16,52-53,57-58H,3-10,12,14,17-51H2,1-2H3,(H,56,59)/b13-11-,16-15-. The van der Waals surface area contributed by atoms with E-state index in [0.717, 1.165) is 51.4 Å². The van der Waals surface area contributed by atoms with E-state index in [0.29, 0.717) is 25.9 Å². The lowest BCUT2D eigenvalue weighted by Crippen LogP contribution is -2.45. The van der Waals surface area contributed by atoms with Gasteiger partial charge in [-0.2, -0.15) is 0 Å². The summed E-state index contributed by atoms with van der Waals surface area (Å²) < 4.78 is 5.48. The van der Waals surface area contributed by atoms with E-state index in [-0.39, 0.29) is 18.5 Å². The Morgan fingerprint density at radius 3 is 1.28 bits per heavy atom. The van der Waals surface area contributed by atoms with E-state index in [1.165, 1.54) is 205 Å². The van der Waals surface area contributed by atoms with Crippen LogP contribution in [0.1, 0.15) is 290 Å². The van der Waals surface area contributed by atoms with E-state index < -0.39 is 12.1 Å². The van der Waals surface area contributed by atoms with Crippen molar-refractivity contribution in [1.29, 1.82) is 0 Å². The molecule has 0 aromatic rings. The summed E-state index contributed by atoms with van der Waals surface area (Å²) in [6, 6.07) is -0.542. The first-order valence-corrected chi connectivity index (χ1v) is 27.1. The topological polar surface area (TPSA) is 95.9 Å². The first-order valence-electron chi connectivity index (χ1n) is 27.1. The van der Waals surface area contributed by atoms with Crippen molar-refractivity contribution in [3.8, 4) is 0 Å². The van der Waals surface area contributed by atoms with Gasteiger partial charge in [-0.1, -0.05) is 244 Å². The first-order chi connectivity index (χ1) is 30.0. The summed E-state index contributed by atoms with van der Waals surface area (Å²) in [5.74, 6) is -0.0422. The molecular formula is C55H105NO5. The fraction of sp³-hybridized carbons (Fsp3) is 0.891. The molecule has 6 nitrogen and oxygen atoms in total. The zero-order chi connectivity index (χ0) is 44.4. The first kappa shape index (κ1) is 59.3. The fourth-order valence-electron chi connectivity index (χ4n) is 8.32. The van der Waals surface area contributed by atoms with Crippen molar-refractivity contribution < 1.29 is 24.5 Å². The van der Waals surface area contributed by atoms with Crippen LogP contribution in [0.2, 0.25) is 0 Å². The van der Waals surface area contributed by atoms with Gasteiger partial charge in [-0.3, -0.25) is 9.59 Å². The number of rotatable bonds is 50. The number of esters is 1.